The maximum absolute atomic E-state index is 5.81. The molecule has 2 rings (SSSR count). The standard InChI is InChI=1S/C17H28N2O2/c1-3-19(14-15-5-4-10-18-13-15)11-12-21-17-8-6-16(20-2)7-9-17/h6-9,15,18H,3-5,10-14H2,1-2H3. The summed E-state index contributed by atoms with van der Waals surface area (Å²) >= 11 is 0. The molecule has 4 nitrogen and oxygen atoms in total. The highest BCUT2D eigenvalue weighted by Crippen LogP contribution is 2.17. The van der Waals surface area contributed by atoms with Gasteiger partial charge in [-0.2, -0.15) is 0 Å². The highest BCUT2D eigenvalue weighted by Gasteiger charge is 2.15. The SMILES string of the molecule is CCN(CCOc1ccc(OC)cc1)CC1CCCNC1. The molecule has 0 saturated carbocycles. The Kier molecular flexibility index (Phi) is 6.83. The van der Waals surface area contributed by atoms with Crippen molar-refractivity contribution in [2.45, 2.75) is 19.8 Å². The Bertz CT molecular complexity index is 388. The van der Waals surface area contributed by atoms with Gasteiger partial charge < -0.3 is 14.8 Å². The first-order chi connectivity index (χ1) is 10.3. The van der Waals surface area contributed by atoms with Gasteiger partial charge in [0.25, 0.3) is 0 Å². The van der Waals surface area contributed by atoms with E-state index >= 15 is 0 Å². The highest BCUT2D eigenvalue weighted by atomic mass is 16.5. The van der Waals surface area contributed by atoms with Crippen molar-refractivity contribution in [2.24, 2.45) is 5.92 Å². The van der Waals surface area contributed by atoms with E-state index in [1.807, 2.05) is 24.3 Å². The van der Waals surface area contributed by atoms with E-state index in [0.29, 0.717) is 0 Å². The Balaban J connectivity index is 1.69. The number of hydrogen-bond acceptors (Lipinski definition) is 4. The minimum atomic E-state index is 0.736. The third-order valence-electron chi connectivity index (χ3n) is 4.10. The van der Waals surface area contributed by atoms with E-state index < -0.39 is 0 Å². The number of rotatable bonds is 8. The van der Waals surface area contributed by atoms with E-state index in [0.717, 1.165) is 43.7 Å². The molecule has 1 aliphatic rings. The molecule has 118 valence electrons. The summed E-state index contributed by atoms with van der Waals surface area (Å²) in [6.07, 6.45) is 2.66. The summed E-state index contributed by atoms with van der Waals surface area (Å²) in [5.41, 5.74) is 0. The van der Waals surface area contributed by atoms with Gasteiger partial charge in [-0.1, -0.05) is 6.92 Å². The summed E-state index contributed by atoms with van der Waals surface area (Å²) in [4.78, 5) is 2.49. The Morgan fingerprint density at radius 1 is 1.24 bits per heavy atom. The molecular formula is C17H28N2O2. The van der Waals surface area contributed by atoms with Crippen molar-refractivity contribution in [2.75, 3.05) is 46.4 Å². The second kappa shape index (κ2) is 8.90. The third kappa shape index (κ3) is 5.56. The molecule has 0 aromatic heterocycles. The van der Waals surface area contributed by atoms with Crippen molar-refractivity contribution in [1.82, 2.24) is 10.2 Å². The highest BCUT2D eigenvalue weighted by molar-refractivity contribution is 5.31. The maximum atomic E-state index is 5.81. The predicted octanol–water partition coefficient (Wildman–Crippen LogP) is 2.40. The Hall–Kier alpha value is -1.26. The average Bonchev–Trinajstić information content (AvgIpc) is 2.55. The van der Waals surface area contributed by atoms with Gasteiger partial charge >= 0.3 is 0 Å². The quantitative estimate of drug-likeness (QED) is 0.798. The van der Waals surface area contributed by atoms with Crippen LogP contribution in [0.3, 0.4) is 0 Å². The molecule has 1 aliphatic heterocycles. The lowest BCUT2D eigenvalue weighted by Crippen LogP contribution is -2.39. The second-order valence-electron chi connectivity index (χ2n) is 5.63. The number of likely N-dealkylation sites (N-methyl/N-ethyl adjacent to an activating group) is 1. The number of nitrogens with zero attached hydrogens (tertiary/aromatic N) is 1. The second-order valence-corrected chi connectivity index (χ2v) is 5.63. The van der Waals surface area contributed by atoms with Crippen molar-refractivity contribution in [1.29, 1.82) is 0 Å². The Morgan fingerprint density at radius 3 is 2.62 bits per heavy atom. The molecule has 1 aromatic rings. The Morgan fingerprint density at radius 2 is 2.00 bits per heavy atom. The van der Waals surface area contributed by atoms with E-state index in [2.05, 4.69) is 17.1 Å². The molecule has 1 aromatic carbocycles. The van der Waals surface area contributed by atoms with Crippen LogP contribution in [0.1, 0.15) is 19.8 Å². The van der Waals surface area contributed by atoms with Crippen molar-refractivity contribution >= 4 is 0 Å². The van der Waals surface area contributed by atoms with Gasteiger partial charge in [0.1, 0.15) is 18.1 Å². The molecule has 1 saturated heterocycles. The van der Waals surface area contributed by atoms with Gasteiger partial charge in [0, 0.05) is 13.1 Å². The van der Waals surface area contributed by atoms with Crippen LogP contribution < -0.4 is 14.8 Å². The molecular weight excluding hydrogens is 264 g/mol. The van der Waals surface area contributed by atoms with Crippen LogP contribution in [0.4, 0.5) is 0 Å². The zero-order chi connectivity index (χ0) is 14.9. The van der Waals surface area contributed by atoms with Crippen LogP contribution in [0, 0.1) is 5.92 Å². The molecule has 21 heavy (non-hydrogen) atoms. The molecule has 0 amide bonds. The lowest BCUT2D eigenvalue weighted by molar-refractivity contribution is 0.179. The van der Waals surface area contributed by atoms with Gasteiger partial charge in [0.2, 0.25) is 0 Å². The van der Waals surface area contributed by atoms with Crippen molar-refractivity contribution in [3.05, 3.63) is 24.3 Å². The fourth-order valence-electron chi connectivity index (χ4n) is 2.79. The monoisotopic (exact) mass is 292 g/mol. The molecule has 1 unspecified atom stereocenters. The van der Waals surface area contributed by atoms with Crippen LogP contribution in [-0.2, 0) is 0 Å². The zero-order valence-corrected chi connectivity index (χ0v) is 13.3. The lowest BCUT2D eigenvalue weighted by atomic mass is 9.99. The van der Waals surface area contributed by atoms with Crippen molar-refractivity contribution in [3.8, 4) is 11.5 Å². The molecule has 1 N–H and O–H groups in total. The summed E-state index contributed by atoms with van der Waals surface area (Å²) in [6, 6.07) is 7.78. The summed E-state index contributed by atoms with van der Waals surface area (Å²) in [6.45, 7) is 8.56. The van der Waals surface area contributed by atoms with Crippen LogP contribution in [0.5, 0.6) is 11.5 Å². The molecule has 1 heterocycles. The van der Waals surface area contributed by atoms with Crippen LogP contribution in [0.25, 0.3) is 0 Å². The van der Waals surface area contributed by atoms with Gasteiger partial charge in [-0.3, -0.25) is 4.90 Å². The van der Waals surface area contributed by atoms with Gasteiger partial charge in [-0.25, -0.2) is 0 Å². The van der Waals surface area contributed by atoms with Crippen LogP contribution in [0.15, 0.2) is 24.3 Å². The normalized spacial score (nSPS) is 18.7. The maximum Gasteiger partial charge on any atom is 0.119 e. The average molecular weight is 292 g/mol. The minimum Gasteiger partial charge on any atom is -0.497 e. The number of benzene rings is 1. The smallest absolute Gasteiger partial charge is 0.119 e. The third-order valence-corrected chi connectivity index (χ3v) is 4.10. The Labute approximate surface area is 128 Å². The molecule has 1 fully saturated rings. The minimum absolute atomic E-state index is 0.736. The van der Waals surface area contributed by atoms with Gasteiger partial charge in [-0.05, 0) is 62.7 Å². The molecule has 0 radical (unpaired) electrons. The summed E-state index contributed by atoms with van der Waals surface area (Å²) in [7, 11) is 1.68. The number of piperidine rings is 1. The van der Waals surface area contributed by atoms with Gasteiger partial charge in [-0.15, -0.1) is 0 Å². The first kappa shape index (κ1) is 16.1. The van der Waals surface area contributed by atoms with Crippen molar-refractivity contribution in [3.63, 3.8) is 0 Å². The predicted molar refractivity (Wildman–Crippen MR) is 86.2 cm³/mol. The largest absolute Gasteiger partial charge is 0.497 e. The molecule has 0 spiro atoms. The van der Waals surface area contributed by atoms with E-state index in [-0.39, 0.29) is 0 Å². The fraction of sp³-hybridized carbons (Fsp3) is 0.647. The van der Waals surface area contributed by atoms with Crippen LogP contribution in [-0.4, -0.2) is 51.3 Å². The molecule has 0 bridgehead atoms. The number of hydrogen-bond donors (Lipinski definition) is 1. The van der Waals surface area contributed by atoms with Gasteiger partial charge in [0.05, 0.1) is 7.11 Å². The molecule has 0 aliphatic carbocycles. The molecule has 4 heteroatoms. The van der Waals surface area contributed by atoms with Crippen LogP contribution >= 0.6 is 0 Å². The molecule has 1 atom stereocenters. The van der Waals surface area contributed by atoms with Crippen LogP contribution in [0.2, 0.25) is 0 Å². The fourth-order valence-corrected chi connectivity index (χ4v) is 2.79. The number of nitrogens with one attached hydrogen (secondary N) is 1. The topological polar surface area (TPSA) is 33.7 Å². The lowest BCUT2D eigenvalue weighted by Gasteiger charge is -2.29. The summed E-state index contributed by atoms with van der Waals surface area (Å²) < 4.78 is 11.0. The zero-order valence-electron chi connectivity index (χ0n) is 13.3. The summed E-state index contributed by atoms with van der Waals surface area (Å²) in [5, 5.41) is 3.49. The first-order valence-corrected chi connectivity index (χ1v) is 8.01. The van der Waals surface area contributed by atoms with E-state index in [1.165, 1.54) is 25.9 Å². The van der Waals surface area contributed by atoms with E-state index in [4.69, 9.17) is 9.47 Å². The summed E-state index contributed by atoms with van der Waals surface area (Å²) in [5.74, 6) is 2.56. The van der Waals surface area contributed by atoms with E-state index in [9.17, 15) is 0 Å². The van der Waals surface area contributed by atoms with Crippen molar-refractivity contribution < 1.29 is 9.47 Å². The number of methoxy groups -OCH3 is 1. The first-order valence-electron chi connectivity index (χ1n) is 8.01. The van der Waals surface area contributed by atoms with E-state index in [1.54, 1.807) is 7.11 Å². The number of ether oxygens (including phenoxy) is 2. The van der Waals surface area contributed by atoms with Gasteiger partial charge in [0.15, 0.2) is 0 Å².